The molecule has 0 aromatic heterocycles. The number of aliphatic carboxylic acids is 1. The Kier molecular flexibility index (Phi) is 4.73. The molecular formula is C13H21NO3. The van der Waals surface area contributed by atoms with Gasteiger partial charge in [0, 0.05) is 19.5 Å². The predicted octanol–water partition coefficient (Wildman–Crippen LogP) is 2.06. The van der Waals surface area contributed by atoms with E-state index >= 15 is 0 Å². The number of amides is 1. The second kappa shape index (κ2) is 5.84. The van der Waals surface area contributed by atoms with Crippen LogP contribution in [0.4, 0.5) is 0 Å². The zero-order valence-electron chi connectivity index (χ0n) is 10.4. The van der Waals surface area contributed by atoms with Crippen molar-refractivity contribution in [1.29, 1.82) is 0 Å². The summed E-state index contributed by atoms with van der Waals surface area (Å²) >= 11 is 0. The van der Waals surface area contributed by atoms with E-state index < -0.39 is 11.4 Å². The highest BCUT2D eigenvalue weighted by molar-refractivity contribution is 5.79. The highest BCUT2D eigenvalue weighted by Gasteiger charge is 2.41. The van der Waals surface area contributed by atoms with Crippen molar-refractivity contribution in [3.63, 3.8) is 0 Å². The monoisotopic (exact) mass is 239 g/mol. The van der Waals surface area contributed by atoms with Crippen LogP contribution < -0.4 is 0 Å². The number of carbonyl (C=O) groups is 2. The highest BCUT2D eigenvalue weighted by Crippen LogP contribution is 2.33. The largest absolute Gasteiger partial charge is 0.481 e. The van der Waals surface area contributed by atoms with Gasteiger partial charge < -0.3 is 10.0 Å². The Morgan fingerprint density at radius 2 is 2.24 bits per heavy atom. The lowest BCUT2D eigenvalue weighted by molar-refractivity contribution is -0.155. The molecule has 1 aliphatic rings. The molecule has 1 unspecified atom stereocenters. The molecule has 96 valence electrons. The minimum Gasteiger partial charge on any atom is -0.481 e. The summed E-state index contributed by atoms with van der Waals surface area (Å²) in [4.78, 5) is 24.9. The van der Waals surface area contributed by atoms with E-state index in [-0.39, 0.29) is 5.91 Å². The summed E-state index contributed by atoms with van der Waals surface area (Å²) in [6, 6.07) is 0. The molecule has 0 spiro atoms. The van der Waals surface area contributed by atoms with Crippen molar-refractivity contribution in [1.82, 2.24) is 4.90 Å². The number of carbonyl (C=O) groups excluding carboxylic acids is 1. The lowest BCUT2D eigenvalue weighted by Gasteiger charge is -2.39. The summed E-state index contributed by atoms with van der Waals surface area (Å²) in [5.41, 5.74) is -0.734. The number of carboxylic acids is 1. The minimum absolute atomic E-state index is 0.0451. The van der Waals surface area contributed by atoms with E-state index in [1.807, 2.05) is 6.92 Å². The standard InChI is InChI=1S/C13H21NO3/c1-3-5-7-11(15)14-9-6-8-13(4-2,10-14)12(16)17/h3H,1,4-10H2,2H3,(H,16,17). The Bertz CT molecular complexity index is 314. The molecule has 1 saturated heterocycles. The van der Waals surface area contributed by atoms with E-state index in [1.54, 1.807) is 11.0 Å². The van der Waals surface area contributed by atoms with Crippen LogP contribution in [0.25, 0.3) is 0 Å². The summed E-state index contributed by atoms with van der Waals surface area (Å²) in [5.74, 6) is -0.732. The number of hydrogen-bond donors (Lipinski definition) is 1. The first-order valence-electron chi connectivity index (χ1n) is 6.18. The number of hydrogen-bond acceptors (Lipinski definition) is 2. The third-order valence-electron chi connectivity index (χ3n) is 3.62. The maximum atomic E-state index is 11.9. The Labute approximate surface area is 102 Å². The van der Waals surface area contributed by atoms with Gasteiger partial charge in [0.05, 0.1) is 5.41 Å². The molecule has 17 heavy (non-hydrogen) atoms. The first-order valence-corrected chi connectivity index (χ1v) is 6.18. The highest BCUT2D eigenvalue weighted by atomic mass is 16.4. The molecule has 1 amide bonds. The third-order valence-corrected chi connectivity index (χ3v) is 3.62. The Morgan fingerprint density at radius 1 is 1.53 bits per heavy atom. The van der Waals surface area contributed by atoms with E-state index in [1.165, 1.54) is 0 Å². The van der Waals surface area contributed by atoms with Crippen LogP contribution in [0.5, 0.6) is 0 Å². The number of allylic oxidation sites excluding steroid dienone is 1. The van der Waals surface area contributed by atoms with Crippen molar-refractivity contribution in [2.75, 3.05) is 13.1 Å². The topological polar surface area (TPSA) is 57.6 Å². The van der Waals surface area contributed by atoms with Gasteiger partial charge in [-0.1, -0.05) is 13.0 Å². The molecule has 4 heteroatoms. The molecule has 0 saturated carbocycles. The lowest BCUT2D eigenvalue weighted by Crippen LogP contribution is -2.49. The van der Waals surface area contributed by atoms with Crippen LogP contribution in [0.1, 0.15) is 39.0 Å². The van der Waals surface area contributed by atoms with Crippen LogP contribution >= 0.6 is 0 Å². The van der Waals surface area contributed by atoms with E-state index in [2.05, 4.69) is 6.58 Å². The number of carboxylic acid groups (broad SMARTS) is 1. The molecular weight excluding hydrogens is 218 g/mol. The van der Waals surface area contributed by atoms with E-state index in [4.69, 9.17) is 0 Å². The molecule has 1 atom stereocenters. The summed E-state index contributed by atoms with van der Waals surface area (Å²) in [5, 5.41) is 9.31. The molecule has 1 N–H and O–H groups in total. The SMILES string of the molecule is C=CCCC(=O)N1CCCC(CC)(C(=O)O)C1. The smallest absolute Gasteiger partial charge is 0.311 e. The van der Waals surface area contributed by atoms with Crippen molar-refractivity contribution in [3.05, 3.63) is 12.7 Å². The van der Waals surface area contributed by atoms with Gasteiger partial charge in [0.2, 0.25) is 5.91 Å². The van der Waals surface area contributed by atoms with Gasteiger partial charge in [-0.3, -0.25) is 9.59 Å². The maximum Gasteiger partial charge on any atom is 0.311 e. The molecule has 0 aromatic rings. The molecule has 1 fully saturated rings. The summed E-state index contributed by atoms with van der Waals surface area (Å²) in [6.07, 6.45) is 4.83. The van der Waals surface area contributed by atoms with Crippen LogP contribution in [-0.4, -0.2) is 35.0 Å². The first kappa shape index (κ1) is 13.7. The van der Waals surface area contributed by atoms with Crippen LogP contribution in [0.3, 0.4) is 0 Å². The fraction of sp³-hybridized carbons (Fsp3) is 0.692. The van der Waals surface area contributed by atoms with Crippen molar-refractivity contribution >= 4 is 11.9 Å². The van der Waals surface area contributed by atoms with Gasteiger partial charge in [0.25, 0.3) is 0 Å². The fourth-order valence-electron chi connectivity index (χ4n) is 2.34. The molecule has 0 aromatic carbocycles. The predicted molar refractivity (Wildman–Crippen MR) is 65.6 cm³/mol. The van der Waals surface area contributed by atoms with Crippen LogP contribution in [0.15, 0.2) is 12.7 Å². The molecule has 1 rings (SSSR count). The van der Waals surface area contributed by atoms with Gasteiger partial charge in [0.1, 0.15) is 0 Å². The van der Waals surface area contributed by atoms with Gasteiger partial charge >= 0.3 is 5.97 Å². The van der Waals surface area contributed by atoms with Gasteiger partial charge in [-0.25, -0.2) is 0 Å². The average molecular weight is 239 g/mol. The first-order chi connectivity index (χ1) is 8.05. The van der Waals surface area contributed by atoms with Gasteiger partial charge in [-0.05, 0) is 25.7 Å². The Balaban J connectivity index is 2.68. The number of likely N-dealkylation sites (tertiary alicyclic amines) is 1. The normalized spacial score (nSPS) is 24.4. The van der Waals surface area contributed by atoms with Gasteiger partial charge in [0.15, 0.2) is 0 Å². The summed E-state index contributed by atoms with van der Waals surface area (Å²) < 4.78 is 0. The zero-order chi connectivity index (χ0) is 12.9. The van der Waals surface area contributed by atoms with Gasteiger partial charge in [-0.2, -0.15) is 0 Å². The second-order valence-corrected chi connectivity index (χ2v) is 4.69. The third kappa shape index (κ3) is 3.08. The molecule has 0 bridgehead atoms. The van der Waals surface area contributed by atoms with E-state index in [0.29, 0.717) is 38.8 Å². The fourth-order valence-corrected chi connectivity index (χ4v) is 2.34. The van der Waals surface area contributed by atoms with Crippen molar-refractivity contribution < 1.29 is 14.7 Å². The molecule has 0 aliphatic carbocycles. The van der Waals surface area contributed by atoms with E-state index in [9.17, 15) is 14.7 Å². The zero-order valence-corrected chi connectivity index (χ0v) is 10.4. The molecule has 0 radical (unpaired) electrons. The van der Waals surface area contributed by atoms with Crippen molar-refractivity contribution in [3.8, 4) is 0 Å². The number of nitrogens with zero attached hydrogens (tertiary/aromatic N) is 1. The minimum atomic E-state index is -0.777. The quantitative estimate of drug-likeness (QED) is 0.747. The lowest BCUT2D eigenvalue weighted by atomic mass is 9.77. The Morgan fingerprint density at radius 3 is 2.76 bits per heavy atom. The molecule has 1 heterocycles. The van der Waals surface area contributed by atoms with Gasteiger partial charge in [-0.15, -0.1) is 6.58 Å². The summed E-state index contributed by atoms with van der Waals surface area (Å²) in [6.45, 7) is 6.51. The average Bonchev–Trinajstić information content (AvgIpc) is 2.35. The maximum absolute atomic E-state index is 11.9. The van der Waals surface area contributed by atoms with Crippen LogP contribution in [0, 0.1) is 5.41 Å². The number of rotatable bonds is 5. The van der Waals surface area contributed by atoms with E-state index in [0.717, 1.165) is 6.42 Å². The second-order valence-electron chi connectivity index (χ2n) is 4.69. The van der Waals surface area contributed by atoms with Crippen molar-refractivity contribution in [2.45, 2.75) is 39.0 Å². The summed E-state index contributed by atoms with van der Waals surface area (Å²) in [7, 11) is 0. The molecule has 1 aliphatic heterocycles. The van der Waals surface area contributed by atoms with Crippen molar-refractivity contribution in [2.24, 2.45) is 5.41 Å². The van der Waals surface area contributed by atoms with Crippen LogP contribution in [-0.2, 0) is 9.59 Å². The molecule has 4 nitrogen and oxygen atoms in total. The Hall–Kier alpha value is -1.32. The van der Waals surface area contributed by atoms with Crippen LogP contribution in [0.2, 0.25) is 0 Å². The number of piperidine rings is 1.